The van der Waals surface area contributed by atoms with Crippen LogP contribution in [0.15, 0.2) is 0 Å². The molecule has 0 aliphatic rings. The topological polar surface area (TPSA) is 341 Å². The van der Waals surface area contributed by atoms with Gasteiger partial charge < -0.3 is 61.9 Å². The molecule has 14 N–H and O–H groups in total. The number of hydrogen-bond donors (Lipinski definition) is 4. The van der Waals surface area contributed by atoms with Crippen molar-refractivity contribution < 1.29 is 88.8 Å². The van der Waals surface area contributed by atoms with Crippen LogP contribution in [0.1, 0.15) is 67.5 Å². The molecule has 16 nitrogen and oxygen atoms in total. The molecule has 0 radical (unpaired) electrons. The van der Waals surface area contributed by atoms with Crippen molar-refractivity contribution in [3.05, 3.63) is 34.4 Å². The van der Waals surface area contributed by atoms with E-state index in [0.29, 0.717) is 24.5 Å². The molecule has 0 fully saturated rings. The van der Waals surface area contributed by atoms with Crippen LogP contribution in [0, 0.1) is 0 Å². The summed E-state index contributed by atoms with van der Waals surface area (Å²) in [5, 5.41) is 37.9. The van der Waals surface area contributed by atoms with Gasteiger partial charge in [-0.25, -0.2) is 19.6 Å². The monoisotopic (exact) mass is 554 g/mol. The number of H-pyrrole nitrogens is 2. The Hall–Kier alpha value is -2.94. The summed E-state index contributed by atoms with van der Waals surface area (Å²) in [4.78, 5) is 53.6. The number of nitrogens with zero attached hydrogens (tertiary/aromatic N) is 2. The zero-order valence-corrected chi connectivity index (χ0v) is 20.6. The normalized spacial score (nSPS) is 8.32. The minimum Gasteiger partial charge on any atom is -0.543 e. The molecule has 2 heterocycles. The molecule has 0 aliphatic carbocycles. The molecule has 2 aromatic rings. The molecule has 172 valence electrons. The molecule has 0 unspecified atom stereocenters. The van der Waals surface area contributed by atoms with Crippen molar-refractivity contribution >= 4 is 23.9 Å². The summed E-state index contributed by atoms with van der Waals surface area (Å²) in [7, 11) is 0. The van der Waals surface area contributed by atoms with Gasteiger partial charge in [-0.15, -0.1) is 0 Å². The van der Waals surface area contributed by atoms with Gasteiger partial charge in [-0.2, -0.15) is 0 Å². The van der Waals surface area contributed by atoms with E-state index in [1.165, 1.54) is 0 Å². The van der Waals surface area contributed by atoms with Crippen LogP contribution in [0.3, 0.4) is 0 Å². The molecule has 0 saturated heterocycles. The third-order valence-electron chi connectivity index (χ3n) is 2.99. The molecule has 0 amide bonds. The summed E-state index contributed by atoms with van der Waals surface area (Å²) in [5.41, 5.74) is -1.97. The van der Waals surface area contributed by atoms with Gasteiger partial charge in [0.2, 0.25) is 0 Å². The number of carboxylic acids is 4. The molecule has 0 spiro atoms. The van der Waals surface area contributed by atoms with Crippen LogP contribution in [0.5, 0.6) is 0 Å². The van der Waals surface area contributed by atoms with Gasteiger partial charge in [0, 0.05) is 12.8 Å². The fourth-order valence-corrected chi connectivity index (χ4v) is 1.78. The van der Waals surface area contributed by atoms with Crippen molar-refractivity contribution in [2.75, 3.05) is 0 Å². The van der Waals surface area contributed by atoms with Crippen LogP contribution < -0.4 is 10.2 Å². The molecule has 31 heavy (non-hydrogen) atoms. The number of imidazole rings is 2. The van der Waals surface area contributed by atoms with E-state index in [1.54, 1.807) is 13.8 Å². The predicted octanol–water partition coefficient (Wildman–Crippen LogP) is -5.43. The Labute approximate surface area is 193 Å². The van der Waals surface area contributed by atoms with E-state index in [0.717, 1.165) is 0 Å². The molecule has 0 aliphatic heterocycles. The van der Waals surface area contributed by atoms with Gasteiger partial charge in [0.05, 0.1) is 11.9 Å². The van der Waals surface area contributed by atoms with E-state index < -0.39 is 46.7 Å². The van der Waals surface area contributed by atoms with Gasteiger partial charge in [0.15, 0.2) is 11.4 Å². The fraction of sp³-hybridized carbons (Fsp3) is 0.286. The van der Waals surface area contributed by atoms with Crippen LogP contribution in [-0.2, 0) is 51.1 Å². The number of aromatic amines is 2. The average molecular weight is 553 g/mol. The molecule has 2 aromatic heterocycles. The summed E-state index contributed by atoms with van der Waals surface area (Å²) >= 11 is 0. The second kappa shape index (κ2) is 16.8. The van der Waals surface area contributed by atoms with E-state index in [1.807, 2.05) is 0 Å². The van der Waals surface area contributed by atoms with Crippen LogP contribution >= 0.6 is 0 Å². The Morgan fingerprint density at radius 2 is 1.03 bits per heavy atom. The third-order valence-corrected chi connectivity index (χ3v) is 2.99. The quantitative estimate of drug-likeness (QED) is 0.194. The summed E-state index contributed by atoms with van der Waals surface area (Å²) in [5.74, 6) is -5.26. The maximum atomic E-state index is 10.5. The van der Waals surface area contributed by atoms with Crippen molar-refractivity contribution in [2.45, 2.75) is 26.7 Å². The first-order valence-corrected chi connectivity index (χ1v) is 7.19. The zero-order chi connectivity index (χ0) is 20.0. The molecule has 0 atom stereocenters. The third kappa shape index (κ3) is 10.1. The zero-order valence-electron chi connectivity index (χ0n) is 16.5. The van der Waals surface area contributed by atoms with Crippen LogP contribution in [-0.4, -0.2) is 65.0 Å². The Kier molecular flexibility index (Phi) is 21.0. The second-order valence-electron chi connectivity index (χ2n) is 4.71. The number of carbonyl (C=O) groups is 4. The van der Waals surface area contributed by atoms with E-state index in [-0.39, 0.29) is 49.2 Å². The number of aromatic carboxylic acids is 4. The Bertz CT molecular complexity index is 730. The second-order valence-corrected chi connectivity index (χ2v) is 4.71. The molecule has 0 aromatic carbocycles. The molecular formula is C14H24CdN4O12+2. The van der Waals surface area contributed by atoms with Crippen molar-refractivity contribution in [1.29, 1.82) is 0 Å². The van der Waals surface area contributed by atoms with Gasteiger partial charge >= 0.3 is 39.2 Å². The number of carboxylic acid groups (broad SMARTS) is 4. The molecule has 2 rings (SSSR count). The van der Waals surface area contributed by atoms with Crippen LogP contribution in [0.4, 0.5) is 0 Å². The SMILES string of the molecule is CCc1nc(C(=O)[O-])c(C(=O)O)[nH]1.CCc1nc(C(=O)[O-])c(C(=O)O)[nH]1.O.O.[Cd+2].[OH3+].[OH3+]. The maximum absolute atomic E-state index is 10.5. The first kappa shape index (κ1) is 38.6. The summed E-state index contributed by atoms with van der Waals surface area (Å²) in [6, 6.07) is 0. The first-order chi connectivity index (χ1) is 12.1. The van der Waals surface area contributed by atoms with Crippen LogP contribution in [0.25, 0.3) is 0 Å². The van der Waals surface area contributed by atoms with Gasteiger partial charge in [-0.1, -0.05) is 13.8 Å². The predicted molar refractivity (Wildman–Crippen MR) is 95.5 cm³/mol. The van der Waals surface area contributed by atoms with Gasteiger partial charge in [-0.05, 0) is 0 Å². The van der Waals surface area contributed by atoms with Crippen molar-refractivity contribution in [2.24, 2.45) is 0 Å². The Balaban J connectivity index is -0.000000125. The summed E-state index contributed by atoms with van der Waals surface area (Å²) in [6.45, 7) is 3.45. The number of aromatic nitrogens is 4. The number of carbonyl (C=O) groups excluding carboxylic acids is 2. The minimum absolute atomic E-state index is 0. The van der Waals surface area contributed by atoms with Crippen LogP contribution in [0.2, 0.25) is 0 Å². The molecule has 17 heteroatoms. The van der Waals surface area contributed by atoms with Gasteiger partial charge in [0.1, 0.15) is 23.0 Å². The van der Waals surface area contributed by atoms with Crippen molar-refractivity contribution in [3.8, 4) is 0 Å². The Morgan fingerprint density at radius 1 is 0.774 bits per heavy atom. The van der Waals surface area contributed by atoms with Crippen molar-refractivity contribution in [3.63, 3.8) is 0 Å². The van der Waals surface area contributed by atoms with Gasteiger partial charge in [0.25, 0.3) is 0 Å². The van der Waals surface area contributed by atoms with Gasteiger partial charge in [-0.3, -0.25) is 0 Å². The number of rotatable bonds is 6. The smallest absolute Gasteiger partial charge is 0.543 e. The maximum Gasteiger partial charge on any atom is 2.00 e. The molecule has 0 saturated carbocycles. The minimum atomic E-state index is -1.59. The largest absolute Gasteiger partial charge is 2.00 e. The number of nitrogens with one attached hydrogen (secondary N) is 2. The molecule has 0 bridgehead atoms. The number of aryl methyl sites for hydroxylation is 2. The Morgan fingerprint density at radius 3 is 1.16 bits per heavy atom. The first-order valence-electron chi connectivity index (χ1n) is 7.19. The van der Waals surface area contributed by atoms with Crippen molar-refractivity contribution in [1.82, 2.24) is 19.9 Å². The van der Waals surface area contributed by atoms with E-state index in [2.05, 4.69) is 19.9 Å². The van der Waals surface area contributed by atoms with E-state index >= 15 is 0 Å². The standard InChI is InChI=1S/2C7H8N2O4.Cd.4H2O/c2*1-2-3-8-4(6(10)11)5(9-3)7(12)13;;;;;/h2*2H2,1H3,(H,8,9)(H,10,11)(H,12,13);;4*1H2/q;;+2;;;;. The fourth-order valence-electron chi connectivity index (χ4n) is 1.78. The van der Waals surface area contributed by atoms with E-state index in [4.69, 9.17) is 10.2 Å². The molecular weight excluding hydrogens is 529 g/mol. The van der Waals surface area contributed by atoms with E-state index in [9.17, 15) is 29.4 Å². The number of hydrogen-bond acceptors (Lipinski definition) is 8. The summed E-state index contributed by atoms with van der Waals surface area (Å²) < 4.78 is 0. The summed E-state index contributed by atoms with van der Waals surface area (Å²) in [6.07, 6.45) is 0.876. The average Bonchev–Trinajstić information content (AvgIpc) is 3.19.